The molecular formula is C25H32Si. The molecule has 0 bridgehead atoms. The molecule has 0 aliphatic heterocycles. The first-order valence-electron chi connectivity index (χ1n) is 10.2. The third-order valence-electron chi connectivity index (χ3n) is 6.38. The van der Waals surface area contributed by atoms with Gasteiger partial charge in [-0.05, 0) is 76.1 Å². The van der Waals surface area contributed by atoms with Crippen molar-refractivity contribution in [3.05, 3.63) is 63.7 Å². The van der Waals surface area contributed by atoms with Crippen LogP contribution in [-0.4, -0.2) is 8.80 Å². The highest BCUT2D eigenvalue weighted by Gasteiger charge is 2.31. The number of fused-ring (bicyclic) bond motifs is 2. The van der Waals surface area contributed by atoms with Crippen molar-refractivity contribution in [1.82, 2.24) is 0 Å². The average Bonchev–Trinajstić information content (AvgIpc) is 3.14. The zero-order chi connectivity index (χ0) is 18.6. The largest absolute Gasteiger partial charge is 0.0714 e. The summed E-state index contributed by atoms with van der Waals surface area (Å²) in [5, 5.41) is 0. The van der Waals surface area contributed by atoms with Crippen molar-refractivity contribution in [1.29, 1.82) is 0 Å². The average molecular weight is 361 g/mol. The third-order valence-corrected chi connectivity index (χ3v) is 8.59. The fourth-order valence-electron chi connectivity index (χ4n) is 5.11. The van der Waals surface area contributed by atoms with Crippen molar-refractivity contribution in [2.75, 3.05) is 0 Å². The van der Waals surface area contributed by atoms with Crippen LogP contribution in [0.5, 0.6) is 0 Å². The van der Waals surface area contributed by atoms with Gasteiger partial charge >= 0.3 is 0 Å². The molecule has 0 nitrogen and oxygen atoms in total. The molecule has 1 heteroatoms. The van der Waals surface area contributed by atoms with Gasteiger partial charge < -0.3 is 0 Å². The zero-order valence-electron chi connectivity index (χ0n) is 17.2. The summed E-state index contributed by atoms with van der Waals surface area (Å²) < 4.78 is 0. The Morgan fingerprint density at radius 3 is 2.31 bits per heavy atom. The lowest BCUT2D eigenvalue weighted by Gasteiger charge is -2.22. The Kier molecular flexibility index (Phi) is 4.26. The highest BCUT2D eigenvalue weighted by Crippen LogP contribution is 2.47. The quantitative estimate of drug-likeness (QED) is 0.525. The minimum absolute atomic E-state index is 0.212. The Morgan fingerprint density at radius 1 is 1.00 bits per heavy atom. The lowest BCUT2D eigenvalue weighted by atomic mass is 9.84. The standard InChI is InChI=1S/C25H32Si/c1-16-14-21-22(24(16)26(5)6)15-18-8-7-9-20(18)23(21)17-10-12-19(13-11-17)25(2,3)4/h10-15,24,26H,7-9H2,1-6H3. The first-order valence-corrected chi connectivity index (χ1v) is 13.2. The second kappa shape index (κ2) is 6.23. The Hall–Kier alpha value is -1.60. The molecule has 0 saturated carbocycles. The van der Waals surface area contributed by atoms with E-state index >= 15 is 0 Å². The molecule has 0 radical (unpaired) electrons. The van der Waals surface area contributed by atoms with Crippen molar-refractivity contribution in [2.45, 2.75) is 71.0 Å². The fraction of sp³-hybridized carbons (Fsp3) is 0.440. The molecule has 1 unspecified atom stereocenters. The van der Waals surface area contributed by atoms with Crippen LogP contribution in [0.2, 0.25) is 13.1 Å². The third kappa shape index (κ3) is 2.81. The number of aryl methyl sites for hydroxylation is 1. The summed E-state index contributed by atoms with van der Waals surface area (Å²) in [6.07, 6.45) is 6.34. The van der Waals surface area contributed by atoms with E-state index in [1.807, 2.05) is 0 Å². The highest BCUT2D eigenvalue weighted by molar-refractivity contribution is 6.58. The van der Waals surface area contributed by atoms with Gasteiger partial charge in [0.1, 0.15) is 0 Å². The van der Waals surface area contributed by atoms with E-state index < -0.39 is 8.80 Å². The number of hydrogen-bond donors (Lipinski definition) is 0. The maximum Gasteiger partial charge on any atom is 0.0439 e. The first-order chi connectivity index (χ1) is 12.3. The lowest BCUT2D eigenvalue weighted by Crippen LogP contribution is -2.15. The Morgan fingerprint density at radius 2 is 1.69 bits per heavy atom. The molecule has 2 aromatic rings. The van der Waals surface area contributed by atoms with Crippen molar-refractivity contribution >= 4 is 14.9 Å². The van der Waals surface area contributed by atoms with Gasteiger partial charge in [-0.15, -0.1) is 0 Å². The van der Waals surface area contributed by atoms with Crippen LogP contribution in [0.4, 0.5) is 0 Å². The van der Waals surface area contributed by atoms with Crippen LogP contribution >= 0.6 is 0 Å². The van der Waals surface area contributed by atoms with Crippen LogP contribution < -0.4 is 0 Å². The zero-order valence-corrected chi connectivity index (χ0v) is 18.4. The number of hydrogen-bond acceptors (Lipinski definition) is 0. The minimum atomic E-state index is -0.759. The highest BCUT2D eigenvalue weighted by atomic mass is 28.3. The smallest absolute Gasteiger partial charge is 0.0439 e. The van der Waals surface area contributed by atoms with Crippen molar-refractivity contribution in [2.24, 2.45) is 0 Å². The van der Waals surface area contributed by atoms with Crippen LogP contribution in [0.15, 0.2) is 35.9 Å². The Bertz CT molecular complexity index is 876. The number of rotatable bonds is 2. The van der Waals surface area contributed by atoms with Gasteiger partial charge in [0.15, 0.2) is 0 Å². The summed E-state index contributed by atoms with van der Waals surface area (Å²) in [7, 11) is -0.759. The van der Waals surface area contributed by atoms with Gasteiger partial charge in [0.2, 0.25) is 0 Å². The molecule has 2 aromatic carbocycles. The lowest BCUT2D eigenvalue weighted by molar-refractivity contribution is 0.590. The summed E-state index contributed by atoms with van der Waals surface area (Å²) in [4.78, 5) is 0. The van der Waals surface area contributed by atoms with Crippen molar-refractivity contribution in [3.63, 3.8) is 0 Å². The van der Waals surface area contributed by atoms with Crippen LogP contribution in [-0.2, 0) is 18.3 Å². The SMILES string of the molecule is CC1=Cc2c(cc3c(c2-c2ccc(C(C)(C)C)cc2)CCC3)C1[SiH](C)C. The predicted molar refractivity (Wildman–Crippen MR) is 118 cm³/mol. The maximum absolute atomic E-state index is 2.58. The minimum Gasteiger partial charge on any atom is -0.0714 e. The summed E-state index contributed by atoms with van der Waals surface area (Å²) in [6.45, 7) is 14.2. The van der Waals surface area contributed by atoms with E-state index in [0.29, 0.717) is 0 Å². The maximum atomic E-state index is 2.58. The normalized spacial score (nSPS) is 18.9. The monoisotopic (exact) mass is 360 g/mol. The van der Waals surface area contributed by atoms with E-state index in [-0.39, 0.29) is 5.41 Å². The Balaban J connectivity index is 1.91. The molecule has 0 aromatic heterocycles. The van der Waals surface area contributed by atoms with E-state index in [0.717, 1.165) is 5.54 Å². The van der Waals surface area contributed by atoms with Gasteiger partial charge in [0.05, 0.1) is 0 Å². The summed E-state index contributed by atoms with van der Waals surface area (Å²) in [5.41, 5.74) is 13.4. The van der Waals surface area contributed by atoms with Crippen LogP contribution in [0.25, 0.3) is 17.2 Å². The molecule has 0 saturated heterocycles. The first kappa shape index (κ1) is 17.8. The van der Waals surface area contributed by atoms with E-state index in [1.54, 1.807) is 27.8 Å². The molecular weight excluding hydrogens is 328 g/mol. The van der Waals surface area contributed by atoms with Gasteiger partial charge in [-0.3, -0.25) is 0 Å². The van der Waals surface area contributed by atoms with Gasteiger partial charge in [0.25, 0.3) is 0 Å². The molecule has 4 rings (SSSR count). The number of benzene rings is 2. The molecule has 2 aliphatic rings. The second-order valence-corrected chi connectivity index (χ2v) is 12.8. The molecule has 26 heavy (non-hydrogen) atoms. The van der Waals surface area contributed by atoms with Crippen molar-refractivity contribution in [3.8, 4) is 11.1 Å². The Labute approximate surface area is 161 Å². The van der Waals surface area contributed by atoms with Crippen molar-refractivity contribution < 1.29 is 0 Å². The molecule has 0 heterocycles. The van der Waals surface area contributed by atoms with Gasteiger partial charge in [0, 0.05) is 8.80 Å². The predicted octanol–water partition coefficient (Wildman–Crippen LogP) is 6.67. The van der Waals surface area contributed by atoms with Crippen LogP contribution in [0.3, 0.4) is 0 Å². The fourth-order valence-corrected chi connectivity index (χ4v) is 7.25. The van der Waals surface area contributed by atoms with Gasteiger partial charge in [-0.2, -0.15) is 0 Å². The summed E-state index contributed by atoms with van der Waals surface area (Å²) in [6, 6.07) is 12.0. The summed E-state index contributed by atoms with van der Waals surface area (Å²) in [5.74, 6) is 0. The van der Waals surface area contributed by atoms with Crippen LogP contribution in [0, 0.1) is 0 Å². The van der Waals surface area contributed by atoms with E-state index in [4.69, 9.17) is 0 Å². The molecule has 1 atom stereocenters. The molecule has 0 spiro atoms. The van der Waals surface area contributed by atoms with E-state index in [2.05, 4.69) is 77.2 Å². The van der Waals surface area contributed by atoms with E-state index in [1.165, 1.54) is 36.0 Å². The topological polar surface area (TPSA) is 0 Å². The van der Waals surface area contributed by atoms with Crippen LogP contribution in [0.1, 0.15) is 67.5 Å². The molecule has 0 fully saturated rings. The number of allylic oxidation sites excluding steroid dienone is 1. The van der Waals surface area contributed by atoms with Gasteiger partial charge in [-0.1, -0.05) is 75.8 Å². The second-order valence-electron chi connectivity index (χ2n) is 9.68. The molecule has 2 aliphatic carbocycles. The molecule has 136 valence electrons. The molecule has 0 amide bonds. The van der Waals surface area contributed by atoms with E-state index in [9.17, 15) is 0 Å². The summed E-state index contributed by atoms with van der Waals surface area (Å²) >= 11 is 0. The van der Waals surface area contributed by atoms with Gasteiger partial charge in [-0.25, -0.2) is 0 Å². The molecule has 0 N–H and O–H groups in total.